The summed E-state index contributed by atoms with van der Waals surface area (Å²) in [6.45, 7) is -0.168. The van der Waals surface area contributed by atoms with Crippen LogP contribution in [-0.2, 0) is 6.54 Å². The van der Waals surface area contributed by atoms with Gasteiger partial charge in [0.05, 0.1) is 22.8 Å². The molecule has 2 rings (SSSR count). The molecule has 0 aliphatic heterocycles. The third-order valence-electron chi connectivity index (χ3n) is 1.83. The number of nitrogens with zero attached hydrogens (tertiary/aromatic N) is 4. The van der Waals surface area contributed by atoms with E-state index in [1.54, 1.807) is 24.8 Å². The smallest absolute Gasteiger partial charge is 0.162 e. The number of alkyl halides is 1. The van der Waals surface area contributed by atoms with Gasteiger partial charge in [-0.3, -0.25) is 4.68 Å². The molecular weight excluding hydrogens is 263 g/mol. The number of aromatic nitrogens is 4. The first kappa shape index (κ1) is 10.2. The molecule has 0 saturated carbocycles. The highest BCUT2D eigenvalue weighted by molar-refractivity contribution is 9.10. The molecular formula is C9H8BrFN4. The van der Waals surface area contributed by atoms with Crippen molar-refractivity contribution in [3.63, 3.8) is 0 Å². The van der Waals surface area contributed by atoms with Crippen LogP contribution in [0.3, 0.4) is 0 Å². The molecule has 0 bridgehead atoms. The molecule has 2 aromatic rings. The maximum absolute atomic E-state index is 12.0. The van der Waals surface area contributed by atoms with Gasteiger partial charge < -0.3 is 0 Å². The minimum absolute atomic E-state index is 0.260. The van der Waals surface area contributed by atoms with Crippen LogP contribution < -0.4 is 0 Å². The molecule has 0 aliphatic rings. The summed E-state index contributed by atoms with van der Waals surface area (Å²) >= 11 is 3.25. The van der Waals surface area contributed by atoms with E-state index in [9.17, 15) is 4.39 Å². The van der Waals surface area contributed by atoms with E-state index < -0.39 is 6.67 Å². The highest BCUT2D eigenvalue weighted by Crippen LogP contribution is 2.14. The van der Waals surface area contributed by atoms with Crippen molar-refractivity contribution >= 4 is 15.9 Å². The molecule has 78 valence electrons. The highest BCUT2D eigenvalue weighted by atomic mass is 79.9. The third-order valence-corrected chi connectivity index (χ3v) is 2.23. The Hall–Kier alpha value is -1.30. The van der Waals surface area contributed by atoms with E-state index in [0.717, 1.165) is 10.0 Å². The van der Waals surface area contributed by atoms with Gasteiger partial charge >= 0.3 is 0 Å². The van der Waals surface area contributed by atoms with Gasteiger partial charge in [0.1, 0.15) is 6.67 Å². The van der Waals surface area contributed by atoms with Crippen LogP contribution in [0.5, 0.6) is 0 Å². The molecule has 0 atom stereocenters. The van der Waals surface area contributed by atoms with Gasteiger partial charge in [0.2, 0.25) is 0 Å². The summed E-state index contributed by atoms with van der Waals surface area (Å²) < 4.78 is 14.4. The predicted molar refractivity (Wildman–Crippen MR) is 56.9 cm³/mol. The van der Waals surface area contributed by atoms with Crippen LogP contribution in [0, 0.1) is 0 Å². The second kappa shape index (κ2) is 4.48. The van der Waals surface area contributed by atoms with E-state index >= 15 is 0 Å². The Morgan fingerprint density at radius 3 is 2.67 bits per heavy atom. The van der Waals surface area contributed by atoms with Gasteiger partial charge in [-0.1, -0.05) is 0 Å². The molecule has 0 aliphatic carbocycles. The van der Waals surface area contributed by atoms with Gasteiger partial charge in [0, 0.05) is 18.6 Å². The van der Waals surface area contributed by atoms with E-state index in [1.807, 2.05) is 0 Å². The number of hydrogen-bond donors (Lipinski definition) is 0. The molecule has 0 N–H and O–H groups in total. The Labute approximate surface area is 94.3 Å². The fraction of sp³-hybridized carbons (Fsp3) is 0.222. The maximum atomic E-state index is 12.0. The van der Waals surface area contributed by atoms with Crippen LogP contribution in [0.4, 0.5) is 4.39 Å². The molecule has 0 aromatic carbocycles. The summed E-state index contributed by atoms with van der Waals surface area (Å²) in [6.07, 6.45) is 6.67. The monoisotopic (exact) mass is 270 g/mol. The van der Waals surface area contributed by atoms with Crippen LogP contribution in [0.25, 0.3) is 11.4 Å². The number of rotatable bonds is 3. The highest BCUT2D eigenvalue weighted by Gasteiger charge is 2.03. The fourth-order valence-corrected chi connectivity index (χ4v) is 1.35. The van der Waals surface area contributed by atoms with Crippen molar-refractivity contribution in [2.24, 2.45) is 0 Å². The normalized spacial score (nSPS) is 10.5. The Kier molecular flexibility index (Phi) is 3.05. The van der Waals surface area contributed by atoms with Gasteiger partial charge in [0.15, 0.2) is 5.82 Å². The SMILES string of the molecule is FCCn1cc(-c2ncc(Br)cn2)cn1. The van der Waals surface area contributed by atoms with Crippen LogP contribution in [0.15, 0.2) is 29.3 Å². The van der Waals surface area contributed by atoms with E-state index in [0.29, 0.717) is 5.82 Å². The third kappa shape index (κ3) is 2.38. The Balaban J connectivity index is 2.25. The van der Waals surface area contributed by atoms with Crippen LogP contribution in [0.2, 0.25) is 0 Å². The molecule has 0 amide bonds. The number of hydrogen-bond acceptors (Lipinski definition) is 3. The zero-order valence-corrected chi connectivity index (χ0v) is 9.35. The maximum Gasteiger partial charge on any atom is 0.162 e. The van der Waals surface area contributed by atoms with Crippen molar-refractivity contribution in [3.05, 3.63) is 29.3 Å². The van der Waals surface area contributed by atoms with E-state index in [1.165, 1.54) is 4.68 Å². The lowest BCUT2D eigenvalue weighted by Gasteiger charge is -1.95. The molecule has 0 fully saturated rings. The average molecular weight is 271 g/mol. The Bertz CT molecular complexity index is 440. The van der Waals surface area contributed by atoms with Gasteiger partial charge in [-0.2, -0.15) is 5.10 Å². The second-order valence-corrected chi connectivity index (χ2v) is 3.82. The van der Waals surface area contributed by atoms with E-state index in [4.69, 9.17) is 0 Å². The standard InChI is InChI=1S/C9H8BrFN4/c10-8-4-12-9(13-5-8)7-3-14-15(6-7)2-1-11/h3-6H,1-2H2. The van der Waals surface area contributed by atoms with Gasteiger partial charge in [-0.05, 0) is 15.9 Å². The summed E-state index contributed by atoms with van der Waals surface area (Å²) in [5.74, 6) is 0.586. The summed E-state index contributed by atoms with van der Waals surface area (Å²) in [5, 5.41) is 3.99. The lowest BCUT2D eigenvalue weighted by Crippen LogP contribution is -1.98. The van der Waals surface area contributed by atoms with E-state index in [-0.39, 0.29) is 6.54 Å². The van der Waals surface area contributed by atoms with Gasteiger partial charge in [-0.15, -0.1) is 0 Å². The molecule has 15 heavy (non-hydrogen) atoms. The van der Waals surface area contributed by atoms with Crippen molar-refractivity contribution in [3.8, 4) is 11.4 Å². The first-order valence-corrected chi connectivity index (χ1v) is 5.15. The van der Waals surface area contributed by atoms with Crippen molar-refractivity contribution < 1.29 is 4.39 Å². The molecule has 0 spiro atoms. The molecule has 4 nitrogen and oxygen atoms in total. The van der Waals surface area contributed by atoms with Crippen LogP contribution in [0.1, 0.15) is 0 Å². The first-order chi connectivity index (χ1) is 7.29. The zero-order chi connectivity index (χ0) is 10.7. The molecule has 6 heteroatoms. The first-order valence-electron chi connectivity index (χ1n) is 4.36. The lowest BCUT2D eigenvalue weighted by molar-refractivity contribution is 0.427. The number of halogens is 2. The number of aryl methyl sites for hydroxylation is 1. The average Bonchev–Trinajstić information content (AvgIpc) is 2.68. The zero-order valence-electron chi connectivity index (χ0n) is 7.77. The second-order valence-electron chi connectivity index (χ2n) is 2.91. The van der Waals surface area contributed by atoms with Crippen LogP contribution >= 0.6 is 15.9 Å². The van der Waals surface area contributed by atoms with Gasteiger partial charge in [-0.25, -0.2) is 14.4 Å². The summed E-state index contributed by atoms with van der Waals surface area (Å²) in [7, 11) is 0. The van der Waals surface area contributed by atoms with Crippen molar-refractivity contribution in [2.45, 2.75) is 6.54 Å². The molecule has 2 heterocycles. The van der Waals surface area contributed by atoms with Crippen molar-refractivity contribution in [1.29, 1.82) is 0 Å². The largest absolute Gasteiger partial charge is 0.269 e. The fourth-order valence-electron chi connectivity index (χ4n) is 1.15. The van der Waals surface area contributed by atoms with Crippen molar-refractivity contribution in [1.82, 2.24) is 19.7 Å². The molecule has 2 aromatic heterocycles. The minimum atomic E-state index is -0.428. The summed E-state index contributed by atoms with van der Waals surface area (Å²) in [4.78, 5) is 8.23. The predicted octanol–water partition coefficient (Wildman–Crippen LogP) is 2.07. The summed E-state index contributed by atoms with van der Waals surface area (Å²) in [6, 6.07) is 0. The van der Waals surface area contributed by atoms with E-state index in [2.05, 4.69) is 31.0 Å². The molecule has 0 unspecified atom stereocenters. The molecule has 0 radical (unpaired) electrons. The van der Waals surface area contributed by atoms with Crippen LogP contribution in [-0.4, -0.2) is 26.4 Å². The summed E-state index contributed by atoms with van der Waals surface area (Å²) in [5.41, 5.74) is 0.788. The molecule has 0 saturated heterocycles. The van der Waals surface area contributed by atoms with Crippen molar-refractivity contribution in [2.75, 3.05) is 6.67 Å². The Morgan fingerprint density at radius 1 is 1.27 bits per heavy atom. The topological polar surface area (TPSA) is 43.6 Å². The lowest BCUT2D eigenvalue weighted by atomic mass is 10.3. The minimum Gasteiger partial charge on any atom is -0.269 e. The van der Waals surface area contributed by atoms with Gasteiger partial charge in [0.25, 0.3) is 0 Å². The quantitative estimate of drug-likeness (QED) is 0.858. The Morgan fingerprint density at radius 2 is 2.00 bits per heavy atom.